The third-order valence-corrected chi connectivity index (χ3v) is 6.25. The minimum atomic E-state index is -0.550. The van der Waals surface area contributed by atoms with Gasteiger partial charge in [0, 0.05) is 45.2 Å². The first-order valence-electron chi connectivity index (χ1n) is 10.7. The fourth-order valence-electron chi connectivity index (χ4n) is 3.38. The summed E-state index contributed by atoms with van der Waals surface area (Å²) in [5.41, 5.74) is 0.687. The Morgan fingerprint density at radius 3 is 2.69 bits per heavy atom. The van der Waals surface area contributed by atoms with E-state index in [1.165, 1.54) is 29.5 Å². The van der Waals surface area contributed by atoms with Crippen molar-refractivity contribution in [1.29, 1.82) is 0 Å². The Kier molecular flexibility index (Phi) is 11.6. The van der Waals surface area contributed by atoms with E-state index in [1.54, 1.807) is 48.5 Å². The molecule has 1 saturated heterocycles. The molecule has 3 rings (SSSR count). The number of hydrogen-bond acceptors (Lipinski definition) is 7. The highest BCUT2D eigenvalue weighted by Crippen LogP contribution is 2.23. The summed E-state index contributed by atoms with van der Waals surface area (Å²) in [6.07, 6.45) is 7.65. The number of halogens is 2. The van der Waals surface area contributed by atoms with Crippen molar-refractivity contribution >= 4 is 52.4 Å². The lowest BCUT2D eigenvalue weighted by Crippen LogP contribution is -2.38. The highest BCUT2D eigenvalue weighted by molar-refractivity contribution is 7.18. The summed E-state index contributed by atoms with van der Waals surface area (Å²) in [6, 6.07) is 7.81. The van der Waals surface area contributed by atoms with Crippen molar-refractivity contribution in [2.24, 2.45) is 0 Å². The highest BCUT2D eigenvalue weighted by atomic mass is 35.5. The van der Waals surface area contributed by atoms with Gasteiger partial charge in [-0.25, -0.2) is 4.39 Å². The van der Waals surface area contributed by atoms with Crippen molar-refractivity contribution in [3.63, 3.8) is 0 Å². The van der Waals surface area contributed by atoms with E-state index in [2.05, 4.69) is 10.6 Å². The fourth-order valence-corrected chi connectivity index (χ4v) is 4.33. The van der Waals surface area contributed by atoms with Gasteiger partial charge >= 0.3 is 0 Å². The monoisotopic (exact) mass is 522 g/mol. The van der Waals surface area contributed by atoms with Crippen LogP contribution in [0.3, 0.4) is 0 Å². The molecule has 1 aromatic carbocycles. The van der Waals surface area contributed by atoms with Crippen molar-refractivity contribution in [2.75, 3.05) is 44.0 Å². The summed E-state index contributed by atoms with van der Waals surface area (Å²) in [7, 11) is 2.74. The number of likely N-dealkylation sites (tertiary alicyclic amines) is 1. The summed E-state index contributed by atoms with van der Waals surface area (Å²) in [4.78, 5) is 39.1. The van der Waals surface area contributed by atoms with Gasteiger partial charge < -0.3 is 20.6 Å². The average Bonchev–Trinajstić information content (AvgIpc) is 3.47. The number of carbonyl (C=O) groups excluding carboxylic acids is 3. The highest BCUT2D eigenvalue weighted by Gasteiger charge is 2.26. The average molecular weight is 523 g/mol. The van der Waals surface area contributed by atoms with Gasteiger partial charge in [0.15, 0.2) is 0 Å². The molecule has 8 nitrogen and oxygen atoms in total. The Morgan fingerprint density at radius 2 is 2.03 bits per heavy atom. The Bertz CT molecular complexity index is 1080. The maximum absolute atomic E-state index is 14.5. The van der Waals surface area contributed by atoms with Gasteiger partial charge in [-0.3, -0.25) is 19.3 Å². The second kappa shape index (κ2) is 14.4. The lowest BCUT2D eigenvalue weighted by atomic mass is 10.2. The van der Waals surface area contributed by atoms with Crippen LogP contribution in [-0.4, -0.2) is 67.9 Å². The van der Waals surface area contributed by atoms with Crippen LogP contribution in [0.2, 0.25) is 4.34 Å². The minimum absolute atomic E-state index is 0.0628. The van der Waals surface area contributed by atoms with E-state index in [1.807, 2.05) is 4.90 Å². The predicted octanol–water partition coefficient (Wildman–Crippen LogP) is 3.30. The Morgan fingerprint density at radius 1 is 1.26 bits per heavy atom. The van der Waals surface area contributed by atoms with E-state index in [-0.39, 0.29) is 30.1 Å². The van der Waals surface area contributed by atoms with Gasteiger partial charge in [0.05, 0.1) is 21.4 Å². The van der Waals surface area contributed by atoms with E-state index in [0.717, 1.165) is 13.5 Å². The molecular formula is C24H28ClFN4O4S. The Labute approximate surface area is 212 Å². The van der Waals surface area contributed by atoms with Crippen LogP contribution in [0.5, 0.6) is 0 Å². The number of aldehydes is 1. The van der Waals surface area contributed by atoms with Crippen molar-refractivity contribution in [3.05, 3.63) is 69.8 Å². The van der Waals surface area contributed by atoms with Crippen molar-refractivity contribution in [2.45, 2.75) is 12.5 Å². The van der Waals surface area contributed by atoms with Gasteiger partial charge in [-0.05, 0) is 48.9 Å². The van der Waals surface area contributed by atoms with Gasteiger partial charge in [0.1, 0.15) is 12.1 Å². The first kappa shape index (κ1) is 28.2. The molecule has 0 radical (unpaired) electrons. The Hall–Kier alpha value is -3.05. The number of amides is 2. The van der Waals surface area contributed by atoms with E-state index < -0.39 is 5.82 Å². The first-order chi connectivity index (χ1) is 16.9. The van der Waals surface area contributed by atoms with E-state index in [9.17, 15) is 18.8 Å². The lowest BCUT2D eigenvalue weighted by molar-refractivity contribution is -0.117. The molecule has 0 aliphatic carbocycles. The number of aliphatic hydroxyl groups is 1. The molecule has 2 heterocycles. The third kappa shape index (κ3) is 8.91. The molecule has 0 saturated carbocycles. The maximum Gasteiger partial charge on any atom is 0.261 e. The normalized spacial score (nSPS) is 15.6. The molecule has 0 bridgehead atoms. The molecule has 35 heavy (non-hydrogen) atoms. The van der Waals surface area contributed by atoms with Crippen LogP contribution in [0.1, 0.15) is 16.1 Å². The number of nitrogens with zero attached hydrogens (tertiary/aromatic N) is 2. The third-order valence-electron chi connectivity index (χ3n) is 5.02. The van der Waals surface area contributed by atoms with Gasteiger partial charge in [-0.2, -0.15) is 0 Å². The van der Waals surface area contributed by atoms with Crippen LogP contribution in [-0.2, 0) is 9.59 Å². The summed E-state index contributed by atoms with van der Waals surface area (Å²) < 4.78 is 15.1. The summed E-state index contributed by atoms with van der Waals surface area (Å²) >= 11 is 7.09. The van der Waals surface area contributed by atoms with Crippen molar-refractivity contribution in [1.82, 2.24) is 10.2 Å². The van der Waals surface area contributed by atoms with Crippen LogP contribution in [0, 0.1) is 5.82 Å². The van der Waals surface area contributed by atoms with Crippen LogP contribution < -0.4 is 15.5 Å². The molecule has 3 N–H and O–H groups in total. The number of benzene rings is 1. The molecule has 1 aliphatic rings. The number of aliphatic hydroxyl groups excluding tert-OH is 1. The lowest BCUT2D eigenvalue weighted by Gasteiger charge is -2.17. The molecule has 1 atom stereocenters. The number of allylic oxidation sites excluding steroid dienone is 3. The topological polar surface area (TPSA) is 102 Å². The molecule has 2 aromatic rings. The quantitative estimate of drug-likeness (QED) is 0.265. The molecule has 2 amide bonds. The standard InChI is InChI=1S/C23H24ClFN4O3S.CH4O/c1-28(10-3-2-4-12-30)17-5-6-19(18(25)13-17)27-22(31)15-29-11-9-16(14-29)26-23(32)20-7-8-21(24)33-20;1-2/h2-8,10,12-13,16H,9,11,14-15H2,1H3,(H,26,32)(H,27,31);2H,1H3/b4-2-,10-3-;. The number of thiophene rings is 1. The molecular weight excluding hydrogens is 495 g/mol. The molecule has 1 fully saturated rings. The van der Waals surface area contributed by atoms with E-state index in [0.29, 0.717) is 34.3 Å². The second-order valence-corrected chi connectivity index (χ2v) is 9.20. The fraction of sp³-hybridized carbons (Fsp3) is 0.292. The SMILES string of the molecule is CN(/C=C\C=C/C=O)c1ccc(NC(=O)CN2CCC(NC(=O)c3ccc(Cl)s3)C2)c(F)c1.CO. The van der Waals surface area contributed by atoms with Crippen molar-refractivity contribution in [3.8, 4) is 0 Å². The van der Waals surface area contributed by atoms with Crippen LogP contribution >= 0.6 is 22.9 Å². The predicted molar refractivity (Wildman–Crippen MR) is 138 cm³/mol. The maximum atomic E-state index is 14.5. The zero-order valence-electron chi connectivity index (χ0n) is 19.4. The molecule has 1 aliphatic heterocycles. The molecule has 0 spiro atoms. The van der Waals surface area contributed by atoms with E-state index >= 15 is 0 Å². The number of anilines is 2. The van der Waals surface area contributed by atoms with Crippen LogP contribution in [0.25, 0.3) is 0 Å². The smallest absolute Gasteiger partial charge is 0.261 e. The zero-order chi connectivity index (χ0) is 25.8. The van der Waals surface area contributed by atoms with Gasteiger partial charge in [-0.15, -0.1) is 11.3 Å². The summed E-state index contributed by atoms with van der Waals surface area (Å²) in [6.45, 7) is 1.29. The summed E-state index contributed by atoms with van der Waals surface area (Å²) in [5, 5.41) is 12.6. The number of nitrogens with one attached hydrogen (secondary N) is 2. The molecule has 1 unspecified atom stereocenters. The first-order valence-corrected chi connectivity index (χ1v) is 11.9. The number of carbonyl (C=O) groups is 3. The molecule has 1 aromatic heterocycles. The van der Waals surface area contributed by atoms with Crippen LogP contribution in [0.15, 0.2) is 54.8 Å². The molecule has 188 valence electrons. The van der Waals surface area contributed by atoms with Gasteiger partial charge in [0.25, 0.3) is 5.91 Å². The van der Waals surface area contributed by atoms with Gasteiger partial charge in [0.2, 0.25) is 5.91 Å². The Balaban J connectivity index is 0.00000210. The number of rotatable bonds is 9. The van der Waals surface area contributed by atoms with Crippen LogP contribution in [0.4, 0.5) is 15.8 Å². The molecule has 11 heteroatoms. The minimum Gasteiger partial charge on any atom is -0.400 e. The van der Waals surface area contributed by atoms with Gasteiger partial charge in [-0.1, -0.05) is 17.7 Å². The number of hydrogen-bond donors (Lipinski definition) is 3. The largest absolute Gasteiger partial charge is 0.400 e. The van der Waals surface area contributed by atoms with Crippen molar-refractivity contribution < 1.29 is 23.9 Å². The summed E-state index contributed by atoms with van der Waals surface area (Å²) in [5.74, 6) is -1.05. The second-order valence-electron chi connectivity index (χ2n) is 7.48. The van der Waals surface area contributed by atoms with E-state index in [4.69, 9.17) is 16.7 Å². The zero-order valence-corrected chi connectivity index (χ0v) is 21.0.